The molecular weight excluding hydrogens is 226 g/mol. The van der Waals surface area contributed by atoms with Crippen LogP contribution in [0.3, 0.4) is 0 Å². The monoisotopic (exact) mass is 243 g/mol. The van der Waals surface area contributed by atoms with Crippen LogP contribution < -0.4 is 10.6 Å². The molecule has 2 N–H and O–H groups in total. The summed E-state index contributed by atoms with van der Waals surface area (Å²) >= 11 is 0. The van der Waals surface area contributed by atoms with E-state index in [-0.39, 0.29) is 11.9 Å². The topological polar surface area (TPSA) is 70.1 Å². The smallest absolute Gasteiger partial charge is 0.240 e. The summed E-state index contributed by atoms with van der Waals surface area (Å²) in [7, 11) is 0. The average molecular weight is 243 g/mol. The summed E-state index contributed by atoms with van der Waals surface area (Å²) in [6.45, 7) is 2.73. The molecule has 1 aromatic carbocycles. The van der Waals surface area contributed by atoms with E-state index < -0.39 is 0 Å². The number of hydrogen-bond acceptors (Lipinski definition) is 3. The van der Waals surface area contributed by atoms with Crippen molar-refractivity contribution in [2.24, 2.45) is 5.73 Å². The summed E-state index contributed by atoms with van der Waals surface area (Å²) in [6, 6.07) is 7.64. The van der Waals surface area contributed by atoms with Crippen LogP contribution in [0.25, 0.3) is 0 Å². The van der Waals surface area contributed by atoms with Crippen molar-refractivity contribution < 1.29 is 4.79 Å². The molecule has 0 bridgehead atoms. The Labute approximate surface area is 107 Å². The average Bonchev–Trinajstić information content (AvgIpc) is 2.38. The van der Waals surface area contributed by atoms with Crippen LogP contribution in [0, 0.1) is 18.3 Å². The Morgan fingerprint density at radius 1 is 1.50 bits per heavy atom. The minimum Gasteiger partial charge on any atom is -0.368 e. The lowest BCUT2D eigenvalue weighted by molar-refractivity contribution is -0.119. The molecule has 0 saturated carbocycles. The number of carbonyl (C=O) groups is 1. The number of nitrogens with zero attached hydrogens (tertiary/aromatic N) is 2. The third-order valence-corrected chi connectivity index (χ3v) is 3.41. The van der Waals surface area contributed by atoms with Gasteiger partial charge in [-0.05, 0) is 43.9 Å². The van der Waals surface area contributed by atoms with Crippen molar-refractivity contribution >= 4 is 11.6 Å². The number of amides is 1. The SMILES string of the molecule is Cc1ccc(N2CCCCC2C(N)=O)c(C#N)c1. The molecule has 1 saturated heterocycles. The molecule has 18 heavy (non-hydrogen) atoms. The van der Waals surface area contributed by atoms with E-state index in [4.69, 9.17) is 5.73 Å². The van der Waals surface area contributed by atoms with Gasteiger partial charge >= 0.3 is 0 Å². The Kier molecular flexibility index (Phi) is 3.52. The molecule has 1 aromatic rings. The summed E-state index contributed by atoms with van der Waals surface area (Å²) < 4.78 is 0. The number of primary amides is 1. The van der Waals surface area contributed by atoms with Crippen molar-refractivity contribution in [3.63, 3.8) is 0 Å². The molecule has 1 aliphatic heterocycles. The van der Waals surface area contributed by atoms with Gasteiger partial charge in [-0.2, -0.15) is 5.26 Å². The fourth-order valence-corrected chi connectivity index (χ4v) is 2.51. The predicted octanol–water partition coefficient (Wildman–Crippen LogP) is 1.71. The number of benzene rings is 1. The van der Waals surface area contributed by atoms with E-state index in [0.29, 0.717) is 5.56 Å². The van der Waals surface area contributed by atoms with Crippen LogP contribution >= 0.6 is 0 Å². The summed E-state index contributed by atoms with van der Waals surface area (Å²) in [5.74, 6) is -0.306. The second kappa shape index (κ2) is 5.09. The molecule has 1 fully saturated rings. The van der Waals surface area contributed by atoms with E-state index in [1.807, 2.05) is 30.0 Å². The molecule has 1 amide bonds. The molecular formula is C14H17N3O. The van der Waals surface area contributed by atoms with Crippen LogP contribution in [-0.4, -0.2) is 18.5 Å². The molecule has 1 heterocycles. The molecule has 0 aliphatic carbocycles. The Bertz CT molecular complexity index is 504. The van der Waals surface area contributed by atoms with Crippen molar-refractivity contribution in [1.82, 2.24) is 0 Å². The summed E-state index contributed by atoms with van der Waals surface area (Å²) in [4.78, 5) is 13.5. The summed E-state index contributed by atoms with van der Waals surface area (Å²) in [6.07, 6.45) is 2.81. The number of nitrogens with two attached hydrogens (primary N) is 1. The third-order valence-electron chi connectivity index (χ3n) is 3.41. The Morgan fingerprint density at radius 3 is 2.94 bits per heavy atom. The molecule has 0 radical (unpaired) electrons. The van der Waals surface area contributed by atoms with Gasteiger partial charge < -0.3 is 10.6 Å². The first-order valence-corrected chi connectivity index (χ1v) is 6.20. The highest BCUT2D eigenvalue weighted by Gasteiger charge is 2.28. The van der Waals surface area contributed by atoms with Crippen LogP contribution in [0.4, 0.5) is 5.69 Å². The van der Waals surface area contributed by atoms with Gasteiger partial charge in [0.15, 0.2) is 0 Å². The van der Waals surface area contributed by atoms with Crippen molar-refractivity contribution in [2.45, 2.75) is 32.2 Å². The van der Waals surface area contributed by atoms with Crippen LogP contribution in [0.15, 0.2) is 18.2 Å². The van der Waals surface area contributed by atoms with Gasteiger partial charge in [-0.3, -0.25) is 4.79 Å². The van der Waals surface area contributed by atoms with E-state index in [2.05, 4.69) is 6.07 Å². The third kappa shape index (κ3) is 2.30. The van der Waals surface area contributed by atoms with Crippen LogP contribution in [0.1, 0.15) is 30.4 Å². The van der Waals surface area contributed by atoms with Gasteiger partial charge in [0.05, 0.1) is 11.3 Å². The van der Waals surface area contributed by atoms with Crippen LogP contribution in [0.2, 0.25) is 0 Å². The van der Waals surface area contributed by atoms with E-state index in [9.17, 15) is 10.1 Å². The van der Waals surface area contributed by atoms with Gasteiger partial charge in [-0.15, -0.1) is 0 Å². The van der Waals surface area contributed by atoms with Gasteiger partial charge in [0, 0.05) is 6.54 Å². The maximum Gasteiger partial charge on any atom is 0.240 e. The first-order chi connectivity index (χ1) is 8.63. The lowest BCUT2D eigenvalue weighted by atomic mass is 9.99. The Morgan fingerprint density at radius 2 is 2.28 bits per heavy atom. The molecule has 4 heteroatoms. The molecule has 0 spiro atoms. The van der Waals surface area contributed by atoms with E-state index in [0.717, 1.165) is 37.1 Å². The van der Waals surface area contributed by atoms with Crippen molar-refractivity contribution in [3.05, 3.63) is 29.3 Å². The highest BCUT2D eigenvalue weighted by Crippen LogP contribution is 2.28. The molecule has 0 aromatic heterocycles. The molecule has 2 rings (SSSR count). The number of aryl methyl sites for hydroxylation is 1. The maximum absolute atomic E-state index is 11.5. The predicted molar refractivity (Wildman–Crippen MR) is 70.1 cm³/mol. The number of anilines is 1. The first kappa shape index (κ1) is 12.4. The molecule has 4 nitrogen and oxygen atoms in total. The molecule has 94 valence electrons. The standard InChI is InChI=1S/C14H17N3O/c1-10-5-6-12(11(8-10)9-15)17-7-3-2-4-13(17)14(16)18/h5-6,8,13H,2-4,7H2,1H3,(H2,16,18). The second-order valence-electron chi connectivity index (χ2n) is 4.74. The zero-order valence-corrected chi connectivity index (χ0v) is 10.5. The van der Waals surface area contributed by atoms with Gasteiger partial charge in [0.2, 0.25) is 5.91 Å². The number of rotatable bonds is 2. The summed E-state index contributed by atoms with van der Waals surface area (Å²) in [5.41, 5.74) is 7.94. The number of nitriles is 1. The molecule has 1 aliphatic rings. The normalized spacial score (nSPS) is 19.3. The van der Waals surface area contributed by atoms with Gasteiger partial charge in [0.25, 0.3) is 0 Å². The number of piperidine rings is 1. The van der Waals surface area contributed by atoms with E-state index in [1.54, 1.807) is 0 Å². The molecule has 1 unspecified atom stereocenters. The van der Waals surface area contributed by atoms with Gasteiger partial charge in [0.1, 0.15) is 12.1 Å². The fourth-order valence-electron chi connectivity index (χ4n) is 2.51. The van der Waals surface area contributed by atoms with Crippen LogP contribution in [-0.2, 0) is 4.79 Å². The maximum atomic E-state index is 11.5. The Hall–Kier alpha value is -2.02. The zero-order valence-electron chi connectivity index (χ0n) is 10.5. The molecule has 1 atom stereocenters. The van der Waals surface area contributed by atoms with Gasteiger partial charge in [-0.1, -0.05) is 6.07 Å². The van der Waals surface area contributed by atoms with Gasteiger partial charge in [-0.25, -0.2) is 0 Å². The zero-order chi connectivity index (χ0) is 13.1. The second-order valence-corrected chi connectivity index (χ2v) is 4.74. The van der Waals surface area contributed by atoms with Crippen molar-refractivity contribution in [3.8, 4) is 6.07 Å². The quantitative estimate of drug-likeness (QED) is 0.859. The Balaban J connectivity index is 2.40. The highest BCUT2D eigenvalue weighted by molar-refractivity contribution is 5.84. The van der Waals surface area contributed by atoms with Crippen molar-refractivity contribution in [1.29, 1.82) is 5.26 Å². The highest BCUT2D eigenvalue weighted by atomic mass is 16.1. The minimum atomic E-state index is -0.306. The lowest BCUT2D eigenvalue weighted by Gasteiger charge is -2.36. The number of carbonyl (C=O) groups excluding carboxylic acids is 1. The lowest BCUT2D eigenvalue weighted by Crippen LogP contribution is -2.48. The largest absolute Gasteiger partial charge is 0.368 e. The number of hydrogen-bond donors (Lipinski definition) is 1. The fraction of sp³-hybridized carbons (Fsp3) is 0.429. The van der Waals surface area contributed by atoms with E-state index >= 15 is 0 Å². The minimum absolute atomic E-state index is 0.284. The van der Waals surface area contributed by atoms with E-state index in [1.165, 1.54) is 0 Å². The first-order valence-electron chi connectivity index (χ1n) is 6.20. The summed E-state index contributed by atoms with van der Waals surface area (Å²) in [5, 5.41) is 9.21. The van der Waals surface area contributed by atoms with Crippen LogP contribution in [0.5, 0.6) is 0 Å². The van der Waals surface area contributed by atoms with Crippen molar-refractivity contribution in [2.75, 3.05) is 11.4 Å².